The average molecular weight is 264 g/mol. The average Bonchev–Trinajstić information content (AvgIpc) is 2.25. The largest absolute Gasteiger partial charge is 0.390 e. The molecule has 0 amide bonds. The van der Waals surface area contributed by atoms with Crippen LogP contribution in [0.15, 0.2) is 11.4 Å². The van der Waals surface area contributed by atoms with E-state index >= 15 is 0 Å². The predicted molar refractivity (Wildman–Crippen MR) is 57.0 cm³/mol. The Kier molecular flexibility index (Phi) is 4.72. The Morgan fingerprint density at radius 1 is 1.38 bits per heavy atom. The van der Waals surface area contributed by atoms with Crippen LogP contribution in [0.25, 0.3) is 10.4 Å². The fourth-order valence-corrected chi connectivity index (χ4v) is 1.55. The molecule has 0 aromatic carbocycles. The summed E-state index contributed by atoms with van der Waals surface area (Å²) < 4.78 is 0. The number of nitrogens with zero attached hydrogens (tertiary/aromatic N) is 5. The Morgan fingerprint density at radius 2 is 1.94 bits per heavy atom. The summed E-state index contributed by atoms with van der Waals surface area (Å²) >= 11 is 11.4. The third-order valence-corrected chi connectivity index (χ3v) is 2.38. The predicted octanol–water partition coefficient (Wildman–Crippen LogP) is 1.49. The summed E-state index contributed by atoms with van der Waals surface area (Å²) in [6.07, 6.45) is -1.61. The van der Waals surface area contributed by atoms with Crippen LogP contribution in [-0.2, 0) is 0 Å². The van der Waals surface area contributed by atoms with Crippen molar-refractivity contribution in [1.29, 1.82) is 0 Å². The highest BCUT2D eigenvalue weighted by Crippen LogP contribution is 2.28. The van der Waals surface area contributed by atoms with Crippen LogP contribution in [-0.4, -0.2) is 32.8 Å². The molecule has 0 spiro atoms. The topological polar surface area (TPSA) is 115 Å². The first-order valence-corrected chi connectivity index (χ1v) is 4.86. The highest BCUT2D eigenvalue weighted by molar-refractivity contribution is 6.34. The summed E-state index contributed by atoms with van der Waals surface area (Å²) in [5.74, 6) is 0. The standard InChI is InChI=1S/C7H7Cl2N5O2/c8-6-4(7(9)12-2-11-6)5(16)3(15)1-13-14-10/h2-3,5,15-16H,1H2. The minimum absolute atomic E-state index is 0.00599. The SMILES string of the molecule is [N-]=[N+]=NCC(O)C(O)c1c(Cl)ncnc1Cl. The second-order valence-corrected chi connectivity index (χ2v) is 3.51. The molecule has 0 fully saturated rings. The lowest BCUT2D eigenvalue weighted by Crippen LogP contribution is -2.22. The molecular weight excluding hydrogens is 257 g/mol. The number of hydrogen-bond donors (Lipinski definition) is 2. The van der Waals surface area contributed by atoms with Crippen molar-refractivity contribution in [2.75, 3.05) is 6.54 Å². The van der Waals surface area contributed by atoms with Gasteiger partial charge in [-0.1, -0.05) is 28.3 Å². The molecule has 16 heavy (non-hydrogen) atoms. The minimum Gasteiger partial charge on any atom is -0.390 e. The zero-order valence-corrected chi connectivity index (χ0v) is 9.34. The fourth-order valence-electron chi connectivity index (χ4n) is 1.01. The van der Waals surface area contributed by atoms with Crippen molar-refractivity contribution in [3.05, 3.63) is 32.6 Å². The first kappa shape index (κ1) is 13.0. The first-order valence-electron chi connectivity index (χ1n) is 4.10. The van der Waals surface area contributed by atoms with Gasteiger partial charge in [0.2, 0.25) is 0 Å². The molecule has 1 heterocycles. The molecule has 0 aliphatic rings. The maximum absolute atomic E-state index is 9.70. The number of azide groups is 1. The van der Waals surface area contributed by atoms with Crippen molar-refractivity contribution >= 4 is 23.2 Å². The van der Waals surface area contributed by atoms with Crippen LogP contribution in [0.3, 0.4) is 0 Å². The monoisotopic (exact) mass is 263 g/mol. The molecule has 9 heteroatoms. The minimum atomic E-state index is -1.41. The summed E-state index contributed by atoms with van der Waals surface area (Å²) in [6, 6.07) is 0. The third-order valence-electron chi connectivity index (χ3n) is 1.78. The van der Waals surface area contributed by atoms with Gasteiger partial charge in [-0.25, -0.2) is 9.97 Å². The van der Waals surface area contributed by atoms with Gasteiger partial charge in [-0.15, -0.1) is 0 Å². The van der Waals surface area contributed by atoms with Crippen molar-refractivity contribution in [2.24, 2.45) is 5.11 Å². The van der Waals surface area contributed by atoms with E-state index in [1.54, 1.807) is 0 Å². The van der Waals surface area contributed by atoms with Gasteiger partial charge in [-0.05, 0) is 5.53 Å². The molecule has 0 radical (unpaired) electrons. The number of hydrogen-bond acceptors (Lipinski definition) is 5. The maximum atomic E-state index is 9.70. The molecule has 2 N–H and O–H groups in total. The maximum Gasteiger partial charge on any atom is 0.139 e. The summed E-state index contributed by atoms with van der Waals surface area (Å²) in [6.45, 7) is -0.306. The molecule has 7 nitrogen and oxygen atoms in total. The smallest absolute Gasteiger partial charge is 0.139 e. The van der Waals surface area contributed by atoms with Crippen LogP contribution in [0, 0.1) is 0 Å². The van der Waals surface area contributed by atoms with Crippen LogP contribution in [0.4, 0.5) is 0 Å². The summed E-state index contributed by atoms with van der Waals surface area (Å²) in [7, 11) is 0. The van der Waals surface area contributed by atoms with Gasteiger partial charge in [0.1, 0.15) is 22.7 Å². The van der Waals surface area contributed by atoms with E-state index < -0.39 is 12.2 Å². The van der Waals surface area contributed by atoms with Crippen molar-refractivity contribution in [1.82, 2.24) is 9.97 Å². The normalized spacial score (nSPS) is 14.0. The van der Waals surface area contributed by atoms with Crippen LogP contribution in [0.1, 0.15) is 11.7 Å². The van der Waals surface area contributed by atoms with E-state index in [1.165, 1.54) is 0 Å². The molecule has 1 aromatic rings. The first-order chi connectivity index (χ1) is 7.57. The zero-order chi connectivity index (χ0) is 12.1. The van der Waals surface area contributed by atoms with Gasteiger partial charge < -0.3 is 10.2 Å². The van der Waals surface area contributed by atoms with Crippen LogP contribution < -0.4 is 0 Å². The summed E-state index contributed by atoms with van der Waals surface area (Å²) in [5, 5.41) is 22.2. The van der Waals surface area contributed by atoms with Crippen LogP contribution in [0.5, 0.6) is 0 Å². The van der Waals surface area contributed by atoms with Crippen LogP contribution in [0.2, 0.25) is 10.3 Å². The molecule has 0 saturated carbocycles. The van der Waals surface area contributed by atoms with Gasteiger partial charge in [-0.3, -0.25) is 0 Å². The molecule has 0 aliphatic carbocycles. The van der Waals surface area contributed by atoms with E-state index in [0.717, 1.165) is 6.33 Å². The van der Waals surface area contributed by atoms with Gasteiger partial charge in [0.05, 0.1) is 18.2 Å². The van der Waals surface area contributed by atoms with E-state index in [-0.39, 0.29) is 22.4 Å². The lowest BCUT2D eigenvalue weighted by atomic mass is 10.1. The Hall–Kier alpha value is -1.11. The lowest BCUT2D eigenvalue weighted by molar-refractivity contribution is 0.0241. The Morgan fingerprint density at radius 3 is 2.44 bits per heavy atom. The molecule has 0 bridgehead atoms. The number of aromatic nitrogens is 2. The van der Waals surface area contributed by atoms with Gasteiger partial charge in [0.15, 0.2) is 0 Å². The molecular formula is C7H7Cl2N5O2. The van der Waals surface area contributed by atoms with Crippen molar-refractivity contribution in [2.45, 2.75) is 12.2 Å². The third kappa shape index (κ3) is 2.94. The zero-order valence-electron chi connectivity index (χ0n) is 7.83. The molecule has 86 valence electrons. The lowest BCUT2D eigenvalue weighted by Gasteiger charge is -2.17. The second kappa shape index (κ2) is 5.83. The number of halogens is 2. The van der Waals surface area contributed by atoms with E-state index in [4.69, 9.17) is 28.7 Å². The van der Waals surface area contributed by atoms with E-state index in [0.29, 0.717) is 0 Å². The Balaban J connectivity index is 2.95. The van der Waals surface area contributed by atoms with Gasteiger partial charge in [0, 0.05) is 4.91 Å². The quantitative estimate of drug-likeness (QED) is 0.371. The van der Waals surface area contributed by atoms with Gasteiger partial charge in [0.25, 0.3) is 0 Å². The summed E-state index contributed by atoms with van der Waals surface area (Å²) in [5.41, 5.74) is 8.07. The highest BCUT2D eigenvalue weighted by atomic mass is 35.5. The molecule has 2 atom stereocenters. The number of aliphatic hydroxyl groups is 2. The van der Waals surface area contributed by atoms with Crippen LogP contribution >= 0.6 is 23.2 Å². The van der Waals surface area contributed by atoms with E-state index in [9.17, 15) is 10.2 Å². The number of rotatable bonds is 4. The van der Waals surface area contributed by atoms with Gasteiger partial charge >= 0.3 is 0 Å². The number of aliphatic hydroxyl groups excluding tert-OH is 2. The molecule has 1 rings (SSSR count). The van der Waals surface area contributed by atoms with E-state index in [1.807, 2.05) is 0 Å². The second-order valence-electron chi connectivity index (χ2n) is 2.79. The Labute approximate surface area is 100 Å². The molecule has 1 aromatic heterocycles. The molecule has 0 aliphatic heterocycles. The van der Waals surface area contributed by atoms with Crippen molar-refractivity contribution in [3.8, 4) is 0 Å². The molecule has 2 unspecified atom stereocenters. The highest BCUT2D eigenvalue weighted by Gasteiger charge is 2.24. The molecule has 0 saturated heterocycles. The fraction of sp³-hybridized carbons (Fsp3) is 0.429. The Bertz CT molecular complexity index is 403. The van der Waals surface area contributed by atoms with Crippen molar-refractivity contribution in [3.63, 3.8) is 0 Å². The van der Waals surface area contributed by atoms with E-state index in [2.05, 4.69) is 20.0 Å². The summed E-state index contributed by atoms with van der Waals surface area (Å²) in [4.78, 5) is 9.69. The van der Waals surface area contributed by atoms with Crippen molar-refractivity contribution < 1.29 is 10.2 Å². The van der Waals surface area contributed by atoms with Gasteiger partial charge in [-0.2, -0.15) is 0 Å².